The minimum absolute atomic E-state index is 0.313. The highest BCUT2D eigenvalue weighted by molar-refractivity contribution is 5.73. The molecule has 0 saturated carbocycles. The van der Waals surface area contributed by atoms with Crippen molar-refractivity contribution < 1.29 is 14.5 Å². The Morgan fingerprint density at radius 1 is 1.07 bits per heavy atom. The minimum atomic E-state index is -0.475. The molecule has 0 radical (unpaired) electrons. The van der Waals surface area contributed by atoms with Gasteiger partial charge in [-0.3, -0.25) is 4.90 Å². The molecule has 1 fully saturated rings. The number of hydrogen-bond acceptors (Lipinski definition) is 7. The SMILES string of the molecule is CN(Cc1ccc2nonc2c1)Cc1ccccc1OC[C@H](O)CN1CCCCC1. The lowest BCUT2D eigenvalue weighted by molar-refractivity contribution is 0.0612. The normalized spacial score (nSPS) is 16.2. The summed E-state index contributed by atoms with van der Waals surface area (Å²) in [5, 5.41) is 18.2. The number of para-hydroxylation sites is 1. The van der Waals surface area contributed by atoms with Gasteiger partial charge in [0.25, 0.3) is 0 Å². The second-order valence-electron chi connectivity index (χ2n) is 8.19. The molecule has 1 saturated heterocycles. The van der Waals surface area contributed by atoms with E-state index in [2.05, 4.69) is 33.2 Å². The number of nitrogens with zero attached hydrogens (tertiary/aromatic N) is 4. The summed E-state index contributed by atoms with van der Waals surface area (Å²) in [4.78, 5) is 4.56. The molecule has 1 aliphatic rings. The number of likely N-dealkylation sites (tertiary alicyclic amines) is 1. The van der Waals surface area contributed by atoms with Crippen LogP contribution in [0.5, 0.6) is 5.75 Å². The Morgan fingerprint density at radius 3 is 2.73 bits per heavy atom. The molecule has 2 aromatic carbocycles. The second kappa shape index (κ2) is 10.0. The molecule has 160 valence electrons. The number of rotatable bonds is 9. The molecule has 0 bridgehead atoms. The van der Waals surface area contributed by atoms with Crippen LogP contribution in [0.1, 0.15) is 30.4 Å². The summed E-state index contributed by atoms with van der Waals surface area (Å²) in [7, 11) is 2.08. The van der Waals surface area contributed by atoms with Gasteiger partial charge >= 0.3 is 0 Å². The number of β-amino-alcohol motifs (C(OH)–C–C–N with tert-alkyl or cyclic N) is 1. The Labute approximate surface area is 177 Å². The molecular formula is C23H30N4O3. The predicted octanol–water partition coefficient (Wildman–Crippen LogP) is 3.08. The van der Waals surface area contributed by atoms with E-state index in [-0.39, 0.29) is 0 Å². The van der Waals surface area contributed by atoms with Gasteiger partial charge in [-0.15, -0.1) is 0 Å². The molecule has 0 amide bonds. The molecule has 1 aromatic heterocycles. The van der Waals surface area contributed by atoms with E-state index in [4.69, 9.17) is 9.37 Å². The molecule has 1 aliphatic heterocycles. The van der Waals surface area contributed by atoms with E-state index >= 15 is 0 Å². The van der Waals surface area contributed by atoms with Gasteiger partial charge in [-0.25, -0.2) is 4.63 Å². The molecular weight excluding hydrogens is 380 g/mol. The number of aliphatic hydroxyl groups excluding tert-OH is 1. The Kier molecular flexibility index (Phi) is 6.94. The zero-order chi connectivity index (χ0) is 20.8. The first kappa shape index (κ1) is 20.8. The topological polar surface area (TPSA) is 74.9 Å². The average molecular weight is 411 g/mol. The standard InChI is InChI=1S/C23H30N4O3/c1-26(14-18-9-10-21-22(13-18)25-30-24-21)15-19-7-3-4-8-23(19)29-17-20(28)16-27-11-5-2-6-12-27/h3-4,7-10,13,20,28H,2,5-6,11-12,14-17H2,1H3/t20-/m1/s1. The Morgan fingerprint density at radius 2 is 1.87 bits per heavy atom. The molecule has 0 unspecified atom stereocenters. The minimum Gasteiger partial charge on any atom is -0.491 e. The van der Waals surface area contributed by atoms with Gasteiger partial charge in [0, 0.05) is 25.2 Å². The van der Waals surface area contributed by atoms with Crippen LogP contribution >= 0.6 is 0 Å². The van der Waals surface area contributed by atoms with Crippen LogP contribution in [0.2, 0.25) is 0 Å². The third kappa shape index (κ3) is 5.56. The highest BCUT2D eigenvalue weighted by Crippen LogP contribution is 2.21. The van der Waals surface area contributed by atoms with Crippen LogP contribution in [-0.2, 0) is 13.1 Å². The maximum atomic E-state index is 10.4. The highest BCUT2D eigenvalue weighted by atomic mass is 16.6. The van der Waals surface area contributed by atoms with E-state index in [1.165, 1.54) is 19.3 Å². The first-order valence-electron chi connectivity index (χ1n) is 10.7. The molecule has 30 heavy (non-hydrogen) atoms. The Hall–Kier alpha value is -2.48. The van der Waals surface area contributed by atoms with Gasteiger partial charge in [0.05, 0.1) is 0 Å². The fourth-order valence-corrected chi connectivity index (χ4v) is 4.04. The van der Waals surface area contributed by atoms with Crippen molar-refractivity contribution in [3.8, 4) is 5.75 Å². The van der Waals surface area contributed by atoms with Crippen molar-refractivity contribution in [3.05, 3.63) is 53.6 Å². The first-order valence-corrected chi connectivity index (χ1v) is 10.7. The summed E-state index contributed by atoms with van der Waals surface area (Å²) in [6.07, 6.45) is 3.27. The van der Waals surface area contributed by atoms with Crippen LogP contribution in [0.3, 0.4) is 0 Å². The number of benzene rings is 2. The van der Waals surface area contributed by atoms with Crippen molar-refractivity contribution in [3.63, 3.8) is 0 Å². The zero-order valence-electron chi connectivity index (χ0n) is 17.5. The molecule has 0 spiro atoms. The van der Waals surface area contributed by atoms with Crippen molar-refractivity contribution in [1.82, 2.24) is 20.1 Å². The van der Waals surface area contributed by atoms with Crippen molar-refractivity contribution in [2.75, 3.05) is 33.3 Å². The Bertz CT molecular complexity index is 939. The van der Waals surface area contributed by atoms with Crippen molar-refractivity contribution in [1.29, 1.82) is 0 Å². The summed E-state index contributed by atoms with van der Waals surface area (Å²) in [6.45, 7) is 4.67. The third-order valence-corrected chi connectivity index (χ3v) is 5.53. The number of aliphatic hydroxyl groups is 1. The summed E-state index contributed by atoms with van der Waals surface area (Å²) >= 11 is 0. The third-order valence-electron chi connectivity index (χ3n) is 5.53. The molecule has 1 atom stereocenters. The van der Waals surface area contributed by atoms with E-state index < -0.39 is 6.10 Å². The lowest BCUT2D eigenvalue weighted by atomic mass is 10.1. The maximum absolute atomic E-state index is 10.4. The molecule has 1 N–H and O–H groups in total. The van der Waals surface area contributed by atoms with E-state index in [9.17, 15) is 5.11 Å². The molecule has 3 aromatic rings. The van der Waals surface area contributed by atoms with Crippen molar-refractivity contribution in [2.45, 2.75) is 38.5 Å². The van der Waals surface area contributed by atoms with Crippen LogP contribution < -0.4 is 4.74 Å². The van der Waals surface area contributed by atoms with Crippen LogP contribution in [0.15, 0.2) is 47.1 Å². The van der Waals surface area contributed by atoms with Crippen molar-refractivity contribution in [2.24, 2.45) is 0 Å². The van der Waals surface area contributed by atoms with Crippen LogP contribution in [0.25, 0.3) is 11.0 Å². The van der Waals surface area contributed by atoms with Gasteiger partial charge in [-0.05, 0) is 67.1 Å². The fraction of sp³-hybridized carbons (Fsp3) is 0.478. The molecule has 4 rings (SSSR count). The van der Waals surface area contributed by atoms with Gasteiger partial charge in [0.15, 0.2) is 0 Å². The largest absolute Gasteiger partial charge is 0.491 e. The van der Waals surface area contributed by atoms with Gasteiger partial charge < -0.3 is 14.7 Å². The van der Waals surface area contributed by atoms with Crippen molar-refractivity contribution >= 4 is 11.0 Å². The monoisotopic (exact) mass is 410 g/mol. The first-order chi connectivity index (χ1) is 14.7. The van der Waals surface area contributed by atoms with Crippen LogP contribution in [0, 0.1) is 0 Å². The van der Waals surface area contributed by atoms with Gasteiger partial charge in [-0.1, -0.05) is 30.7 Å². The predicted molar refractivity (Wildman–Crippen MR) is 115 cm³/mol. The zero-order valence-corrected chi connectivity index (χ0v) is 17.5. The quantitative estimate of drug-likeness (QED) is 0.581. The van der Waals surface area contributed by atoms with Crippen LogP contribution in [0.4, 0.5) is 0 Å². The Balaban J connectivity index is 1.31. The summed E-state index contributed by atoms with van der Waals surface area (Å²) < 4.78 is 10.8. The molecule has 2 heterocycles. The highest BCUT2D eigenvalue weighted by Gasteiger charge is 2.16. The smallest absolute Gasteiger partial charge is 0.135 e. The summed E-state index contributed by atoms with van der Waals surface area (Å²) in [5.74, 6) is 0.832. The van der Waals surface area contributed by atoms with E-state index in [0.29, 0.717) is 13.2 Å². The van der Waals surface area contributed by atoms with E-state index in [0.717, 1.165) is 54.1 Å². The number of ether oxygens (including phenoxy) is 1. The second-order valence-corrected chi connectivity index (χ2v) is 8.19. The fourth-order valence-electron chi connectivity index (χ4n) is 4.04. The summed E-state index contributed by atoms with van der Waals surface area (Å²) in [6, 6.07) is 14.0. The van der Waals surface area contributed by atoms with E-state index in [1.54, 1.807) is 0 Å². The molecule has 7 nitrogen and oxygen atoms in total. The number of fused-ring (bicyclic) bond motifs is 1. The molecule has 7 heteroatoms. The van der Waals surface area contributed by atoms with Gasteiger partial charge in [0.1, 0.15) is 29.5 Å². The number of aromatic nitrogens is 2. The van der Waals surface area contributed by atoms with Gasteiger partial charge in [-0.2, -0.15) is 0 Å². The van der Waals surface area contributed by atoms with Crippen LogP contribution in [-0.4, -0.2) is 64.6 Å². The molecule has 0 aliphatic carbocycles. The lowest BCUT2D eigenvalue weighted by Gasteiger charge is -2.28. The number of hydrogen-bond donors (Lipinski definition) is 1. The van der Waals surface area contributed by atoms with Gasteiger partial charge in [0.2, 0.25) is 0 Å². The van der Waals surface area contributed by atoms with E-state index in [1.807, 2.05) is 36.4 Å². The lowest BCUT2D eigenvalue weighted by Crippen LogP contribution is -2.38. The maximum Gasteiger partial charge on any atom is 0.135 e. The summed E-state index contributed by atoms with van der Waals surface area (Å²) in [5.41, 5.74) is 3.79. The number of piperidine rings is 1. The average Bonchev–Trinajstić information content (AvgIpc) is 3.22.